The number of aryl methyl sites for hydroxylation is 1. The highest BCUT2D eigenvalue weighted by Crippen LogP contribution is 2.17. The van der Waals surface area contributed by atoms with Gasteiger partial charge in [0.05, 0.1) is 10.6 Å². The number of carbonyl (C=O) groups excluding carboxylic acids is 1. The first-order valence-corrected chi connectivity index (χ1v) is 11.2. The van der Waals surface area contributed by atoms with Crippen molar-refractivity contribution >= 4 is 15.7 Å². The highest BCUT2D eigenvalue weighted by atomic mass is 32.2. The highest BCUT2D eigenvalue weighted by Gasteiger charge is 2.14. The first-order valence-electron chi connectivity index (χ1n) is 9.57. The van der Waals surface area contributed by atoms with E-state index in [-0.39, 0.29) is 28.8 Å². The van der Waals surface area contributed by atoms with Crippen molar-refractivity contribution in [1.29, 1.82) is 0 Å². The summed E-state index contributed by atoms with van der Waals surface area (Å²) in [5.41, 5.74) is 0.648. The van der Waals surface area contributed by atoms with Crippen molar-refractivity contribution < 1.29 is 22.1 Å². The molecule has 3 rings (SSSR count). The summed E-state index contributed by atoms with van der Waals surface area (Å²) in [6.07, 6.45) is 1.55. The van der Waals surface area contributed by atoms with E-state index in [1.807, 2.05) is 0 Å². The van der Waals surface area contributed by atoms with Gasteiger partial charge in [0.15, 0.2) is 9.84 Å². The number of sulfone groups is 1. The van der Waals surface area contributed by atoms with Gasteiger partial charge in [0.2, 0.25) is 17.6 Å². The molecule has 0 aliphatic heterocycles. The van der Waals surface area contributed by atoms with Crippen LogP contribution in [-0.2, 0) is 21.1 Å². The third-order valence-corrected chi connectivity index (χ3v) is 6.20. The van der Waals surface area contributed by atoms with Gasteiger partial charge < -0.3 is 9.84 Å². The smallest absolute Gasteiger partial charge is 0.226 e. The van der Waals surface area contributed by atoms with Crippen LogP contribution in [-0.4, -0.2) is 36.8 Å². The van der Waals surface area contributed by atoms with E-state index in [0.29, 0.717) is 43.1 Å². The molecule has 0 fully saturated rings. The average molecular weight is 431 g/mol. The standard InChI is InChI=1S/C21H22FN3O4S/c22-17-12-10-16(11-13-17)21-24-20(29-25-21)9-4-8-19(26)23-14-5-15-30(27,28)18-6-2-1-3-7-18/h1-3,6-7,10-13H,4-5,8-9,14-15H2,(H,23,26). The van der Waals surface area contributed by atoms with Gasteiger partial charge in [-0.25, -0.2) is 12.8 Å². The Labute approximate surface area is 174 Å². The van der Waals surface area contributed by atoms with E-state index >= 15 is 0 Å². The minimum absolute atomic E-state index is 0.0224. The quantitative estimate of drug-likeness (QED) is 0.495. The van der Waals surface area contributed by atoms with Crippen molar-refractivity contribution in [1.82, 2.24) is 15.5 Å². The van der Waals surface area contributed by atoms with E-state index < -0.39 is 9.84 Å². The van der Waals surface area contributed by atoms with Crippen LogP contribution in [0.5, 0.6) is 0 Å². The third-order valence-electron chi connectivity index (χ3n) is 4.38. The molecule has 0 atom stereocenters. The first-order chi connectivity index (χ1) is 14.4. The number of amides is 1. The molecule has 30 heavy (non-hydrogen) atoms. The summed E-state index contributed by atoms with van der Waals surface area (Å²) in [6.45, 7) is 0.292. The molecule has 7 nitrogen and oxygen atoms in total. The molecule has 9 heteroatoms. The van der Waals surface area contributed by atoms with Crippen LogP contribution in [0.3, 0.4) is 0 Å². The van der Waals surface area contributed by atoms with Gasteiger partial charge in [-0.3, -0.25) is 4.79 Å². The number of rotatable bonds is 10. The van der Waals surface area contributed by atoms with Crippen molar-refractivity contribution in [2.24, 2.45) is 0 Å². The van der Waals surface area contributed by atoms with E-state index in [2.05, 4.69) is 15.5 Å². The molecule has 2 aromatic carbocycles. The normalized spacial score (nSPS) is 11.4. The Kier molecular flexibility index (Phi) is 7.29. The van der Waals surface area contributed by atoms with Crippen LogP contribution in [0.2, 0.25) is 0 Å². The van der Waals surface area contributed by atoms with Gasteiger partial charge >= 0.3 is 0 Å². The average Bonchev–Trinajstić information content (AvgIpc) is 3.21. The van der Waals surface area contributed by atoms with Crippen molar-refractivity contribution in [2.45, 2.75) is 30.6 Å². The Morgan fingerprint density at radius 1 is 1.03 bits per heavy atom. The van der Waals surface area contributed by atoms with Crippen LogP contribution in [0.15, 0.2) is 64.0 Å². The number of benzene rings is 2. The van der Waals surface area contributed by atoms with Crippen LogP contribution in [0.1, 0.15) is 25.2 Å². The Morgan fingerprint density at radius 2 is 1.77 bits per heavy atom. The zero-order valence-electron chi connectivity index (χ0n) is 16.3. The van der Waals surface area contributed by atoms with Gasteiger partial charge in [-0.05, 0) is 49.2 Å². The fourth-order valence-corrected chi connectivity index (χ4v) is 4.13. The SMILES string of the molecule is O=C(CCCc1nc(-c2ccc(F)cc2)no1)NCCCS(=O)(=O)c1ccccc1. The molecule has 158 valence electrons. The fourth-order valence-electron chi connectivity index (χ4n) is 2.80. The maximum absolute atomic E-state index is 13.0. The number of halogens is 1. The summed E-state index contributed by atoms with van der Waals surface area (Å²) in [7, 11) is -3.33. The zero-order valence-corrected chi connectivity index (χ0v) is 17.1. The largest absolute Gasteiger partial charge is 0.356 e. The Morgan fingerprint density at radius 3 is 2.50 bits per heavy atom. The molecule has 0 radical (unpaired) electrons. The third kappa shape index (κ3) is 6.21. The molecule has 1 amide bonds. The topological polar surface area (TPSA) is 102 Å². The van der Waals surface area contributed by atoms with Gasteiger partial charge in [-0.1, -0.05) is 23.4 Å². The highest BCUT2D eigenvalue weighted by molar-refractivity contribution is 7.91. The molecule has 1 N–H and O–H groups in total. The van der Waals surface area contributed by atoms with E-state index in [1.165, 1.54) is 12.1 Å². The molecule has 0 unspecified atom stereocenters. The molecule has 1 aromatic heterocycles. The second-order valence-corrected chi connectivity index (χ2v) is 8.82. The lowest BCUT2D eigenvalue weighted by atomic mass is 10.2. The van der Waals surface area contributed by atoms with E-state index in [4.69, 9.17) is 4.52 Å². The zero-order chi connectivity index (χ0) is 21.4. The van der Waals surface area contributed by atoms with Gasteiger partial charge in [-0.2, -0.15) is 4.98 Å². The number of carbonyl (C=O) groups is 1. The summed E-state index contributed by atoms with van der Waals surface area (Å²) < 4.78 is 42.5. The van der Waals surface area contributed by atoms with Crippen molar-refractivity contribution in [3.8, 4) is 11.4 Å². The van der Waals surface area contributed by atoms with E-state index in [0.717, 1.165) is 0 Å². The number of nitrogens with zero attached hydrogens (tertiary/aromatic N) is 2. The molecule has 0 aliphatic rings. The maximum atomic E-state index is 13.0. The van der Waals surface area contributed by atoms with Gasteiger partial charge in [0.25, 0.3) is 0 Å². The van der Waals surface area contributed by atoms with E-state index in [9.17, 15) is 17.6 Å². The lowest BCUT2D eigenvalue weighted by molar-refractivity contribution is -0.121. The Bertz CT molecular complexity index is 1070. The number of nitrogens with one attached hydrogen (secondary N) is 1. The van der Waals surface area contributed by atoms with Crippen LogP contribution in [0.4, 0.5) is 4.39 Å². The molecular weight excluding hydrogens is 409 g/mol. The molecule has 0 spiro atoms. The van der Waals surface area contributed by atoms with Crippen LogP contribution >= 0.6 is 0 Å². The summed E-state index contributed by atoms with van der Waals surface area (Å²) >= 11 is 0. The lowest BCUT2D eigenvalue weighted by Crippen LogP contribution is -2.25. The molecular formula is C21H22FN3O4S. The fraction of sp³-hybridized carbons (Fsp3) is 0.286. The van der Waals surface area contributed by atoms with Crippen molar-refractivity contribution in [3.63, 3.8) is 0 Å². The van der Waals surface area contributed by atoms with Gasteiger partial charge in [-0.15, -0.1) is 0 Å². The maximum Gasteiger partial charge on any atom is 0.226 e. The summed E-state index contributed by atoms with van der Waals surface area (Å²) in [5.74, 6) is 0.243. The number of aromatic nitrogens is 2. The van der Waals surface area contributed by atoms with Crippen LogP contribution < -0.4 is 5.32 Å². The monoisotopic (exact) mass is 431 g/mol. The minimum atomic E-state index is -3.33. The summed E-state index contributed by atoms with van der Waals surface area (Å²) in [5, 5.41) is 6.58. The molecule has 1 heterocycles. The van der Waals surface area contributed by atoms with Crippen LogP contribution in [0, 0.1) is 5.82 Å². The predicted molar refractivity (Wildman–Crippen MR) is 109 cm³/mol. The molecule has 0 saturated carbocycles. The molecule has 0 bridgehead atoms. The number of hydrogen-bond acceptors (Lipinski definition) is 6. The van der Waals surface area contributed by atoms with Crippen LogP contribution in [0.25, 0.3) is 11.4 Å². The second-order valence-electron chi connectivity index (χ2n) is 6.71. The Hall–Kier alpha value is -3.07. The molecule has 0 aliphatic carbocycles. The number of hydrogen-bond donors (Lipinski definition) is 1. The first kappa shape index (κ1) is 21.6. The second kappa shape index (κ2) is 10.1. The minimum Gasteiger partial charge on any atom is -0.356 e. The Balaban J connectivity index is 1.35. The summed E-state index contributed by atoms with van der Waals surface area (Å²) in [4.78, 5) is 16.5. The molecule has 0 saturated heterocycles. The van der Waals surface area contributed by atoms with Crippen molar-refractivity contribution in [2.75, 3.05) is 12.3 Å². The summed E-state index contributed by atoms with van der Waals surface area (Å²) in [6, 6.07) is 14.0. The predicted octanol–water partition coefficient (Wildman–Crippen LogP) is 3.18. The van der Waals surface area contributed by atoms with Gasteiger partial charge in [0, 0.05) is 24.9 Å². The van der Waals surface area contributed by atoms with Gasteiger partial charge in [0.1, 0.15) is 5.82 Å². The van der Waals surface area contributed by atoms with E-state index in [1.54, 1.807) is 42.5 Å². The van der Waals surface area contributed by atoms with Crippen molar-refractivity contribution in [3.05, 3.63) is 66.3 Å². The lowest BCUT2D eigenvalue weighted by Gasteiger charge is -2.06. The molecule has 3 aromatic rings.